The molecule has 0 saturated carbocycles. The van der Waals surface area contributed by atoms with Gasteiger partial charge in [-0.25, -0.2) is 9.78 Å². The Bertz CT molecular complexity index is 1720. The molecule has 222 valence electrons. The van der Waals surface area contributed by atoms with E-state index in [0.717, 1.165) is 55.7 Å². The van der Waals surface area contributed by atoms with E-state index < -0.39 is 16.9 Å². The second kappa shape index (κ2) is 11.1. The number of thiazole rings is 1. The fourth-order valence-electron chi connectivity index (χ4n) is 5.72. The minimum Gasteiger partial charge on any atom is -0.444 e. The summed E-state index contributed by atoms with van der Waals surface area (Å²) in [6.07, 6.45) is 3.75. The molecule has 42 heavy (non-hydrogen) atoms. The molecule has 2 amide bonds. The first-order chi connectivity index (χ1) is 20.1. The standard InChI is InChI=1S/C30H37N7O4S/c1-30(2,3)41-29(40)36-12-8-7-9-19(36)17-31-26(39)23-24(38)20-18-32-28(35-15-13-34(4)14-16-35)33-25(20)37-21-10-5-6-11-22(21)42-27(23)37/h5-6,10-11,18-19H,7-9,12-17H2,1-4H3,(H,31,39). The maximum atomic E-state index is 13.9. The predicted molar refractivity (Wildman–Crippen MR) is 165 cm³/mol. The largest absolute Gasteiger partial charge is 0.444 e. The molecule has 1 unspecified atom stereocenters. The van der Waals surface area contributed by atoms with Crippen molar-refractivity contribution in [2.24, 2.45) is 0 Å². The number of likely N-dealkylation sites (N-methyl/N-ethyl adjacent to an activating group) is 1. The van der Waals surface area contributed by atoms with Gasteiger partial charge in [0.1, 0.15) is 16.0 Å². The summed E-state index contributed by atoms with van der Waals surface area (Å²) < 4.78 is 8.48. The van der Waals surface area contributed by atoms with Gasteiger partial charge in [0.25, 0.3) is 5.91 Å². The zero-order valence-corrected chi connectivity index (χ0v) is 25.4. The van der Waals surface area contributed by atoms with Crippen LogP contribution in [0.5, 0.6) is 0 Å². The average Bonchev–Trinajstić information content (AvgIpc) is 3.35. The molecular weight excluding hydrogens is 554 g/mol. The zero-order valence-electron chi connectivity index (χ0n) is 24.6. The molecule has 3 aromatic heterocycles. The molecular formula is C30H37N7O4S. The number of piperazine rings is 1. The average molecular weight is 592 g/mol. The Morgan fingerprint density at radius 2 is 1.86 bits per heavy atom. The first-order valence-electron chi connectivity index (χ1n) is 14.5. The molecule has 11 nitrogen and oxygen atoms in total. The number of hydrogen-bond donors (Lipinski definition) is 1. The molecule has 5 heterocycles. The summed E-state index contributed by atoms with van der Waals surface area (Å²) in [4.78, 5) is 56.7. The highest BCUT2D eigenvalue weighted by molar-refractivity contribution is 7.24. The van der Waals surface area contributed by atoms with Crippen molar-refractivity contribution in [3.63, 3.8) is 0 Å². The van der Waals surface area contributed by atoms with Gasteiger partial charge in [-0.05, 0) is 59.2 Å². The Labute approximate surface area is 248 Å². The van der Waals surface area contributed by atoms with E-state index in [2.05, 4.69) is 27.1 Å². The number of fused-ring (bicyclic) bond motifs is 5. The summed E-state index contributed by atoms with van der Waals surface area (Å²) in [5.41, 5.74) is 0.437. The molecule has 2 aliphatic heterocycles. The van der Waals surface area contributed by atoms with Crippen molar-refractivity contribution in [1.82, 2.24) is 29.5 Å². The summed E-state index contributed by atoms with van der Waals surface area (Å²) >= 11 is 1.40. The SMILES string of the molecule is CN1CCN(c2ncc3c(=O)c(C(=O)NCC4CCCCN4C(=O)OC(C)(C)C)c4sc5ccccc5n4c3n2)CC1. The lowest BCUT2D eigenvalue weighted by Crippen LogP contribution is -2.51. The molecule has 6 rings (SSSR count). The number of piperidine rings is 1. The van der Waals surface area contributed by atoms with Gasteiger partial charge in [0, 0.05) is 45.5 Å². The third-order valence-corrected chi connectivity index (χ3v) is 9.08. The number of pyridine rings is 1. The van der Waals surface area contributed by atoms with Crippen molar-refractivity contribution < 1.29 is 14.3 Å². The summed E-state index contributed by atoms with van der Waals surface area (Å²) in [6, 6.07) is 7.62. The predicted octanol–water partition coefficient (Wildman–Crippen LogP) is 3.73. The number of likely N-dealkylation sites (tertiary alicyclic amines) is 1. The number of rotatable bonds is 4. The van der Waals surface area contributed by atoms with Crippen molar-refractivity contribution >= 4 is 55.4 Å². The van der Waals surface area contributed by atoms with Crippen LogP contribution in [0, 0.1) is 0 Å². The van der Waals surface area contributed by atoms with Gasteiger partial charge in [-0.15, -0.1) is 11.3 Å². The van der Waals surface area contributed by atoms with Crippen LogP contribution in [-0.2, 0) is 4.74 Å². The van der Waals surface area contributed by atoms with Gasteiger partial charge in [-0.2, -0.15) is 4.98 Å². The first kappa shape index (κ1) is 28.4. The molecule has 2 fully saturated rings. The Hall–Kier alpha value is -3.77. The number of hydrogen-bond acceptors (Lipinski definition) is 9. The van der Waals surface area contributed by atoms with Crippen LogP contribution >= 0.6 is 11.3 Å². The molecule has 1 aromatic carbocycles. The van der Waals surface area contributed by atoms with Crippen molar-refractivity contribution in [3.05, 3.63) is 46.2 Å². The van der Waals surface area contributed by atoms with E-state index in [0.29, 0.717) is 28.4 Å². The monoisotopic (exact) mass is 591 g/mol. The minimum atomic E-state index is -0.610. The number of ether oxygens (including phenoxy) is 1. The van der Waals surface area contributed by atoms with Crippen LogP contribution in [0.1, 0.15) is 50.4 Å². The van der Waals surface area contributed by atoms with E-state index in [4.69, 9.17) is 9.72 Å². The molecule has 12 heteroatoms. The van der Waals surface area contributed by atoms with Crippen LogP contribution in [0.15, 0.2) is 35.3 Å². The van der Waals surface area contributed by atoms with Crippen molar-refractivity contribution in [2.75, 3.05) is 51.2 Å². The van der Waals surface area contributed by atoms with Gasteiger partial charge in [0.15, 0.2) is 5.65 Å². The van der Waals surface area contributed by atoms with Crippen LogP contribution < -0.4 is 15.6 Å². The highest BCUT2D eigenvalue weighted by Gasteiger charge is 2.32. The molecule has 1 N–H and O–H groups in total. The Kier molecular flexibility index (Phi) is 7.52. The van der Waals surface area contributed by atoms with Crippen molar-refractivity contribution in [1.29, 1.82) is 0 Å². The molecule has 4 aromatic rings. The molecule has 2 aliphatic rings. The lowest BCUT2D eigenvalue weighted by Gasteiger charge is -2.36. The molecule has 0 aliphatic carbocycles. The Balaban J connectivity index is 1.37. The van der Waals surface area contributed by atoms with E-state index in [9.17, 15) is 14.4 Å². The van der Waals surface area contributed by atoms with Crippen molar-refractivity contribution in [2.45, 2.75) is 51.7 Å². The topological polar surface area (TPSA) is 112 Å². The number of para-hydroxylation sites is 1. The Morgan fingerprint density at radius 1 is 1.10 bits per heavy atom. The third kappa shape index (κ3) is 5.40. The fourth-order valence-corrected chi connectivity index (χ4v) is 6.90. The number of carbonyl (C=O) groups is 2. The summed E-state index contributed by atoms with van der Waals surface area (Å²) in [5.74, 6) is 0.111. The summed E-state index contributed by atoms with van der Waals surface area (Å²) in [5, 5.41) is 3.28. The maximum absolute atomic E-state index is 13.9. The van der Waals surface area contributed by atoms with E-state index >= 15 is 0 Å². The number of benzene rings is 1. The van der Waals surface area contributed by atoms with Crippen LogP contribution in [-0.4, -0.2) is 94.1 Å². The quantitative estimate of drug-likeness (QED) is 0.382. The van der Waals surface area contributed by atoms with Gasteiger partial charge in [-0.1, -0.05) is 12.1 Å². The van der Waals surface area contributed by atoms with E-state index in [1.807, 2.05) is 49.4 Å². The summed E-state index contributed by atoms with van der Waals surface area (Å²) in [6.45, 7) is 9.73. The second-order valence-corrected chi connectivity index (χ2v) is 13.2. The highest BCUT2D eigenvalue weighted by Crippen LogP contribution is 2.31. The van der Waals surface area contributed by atoms with Gasteiger partial charge < -0.3 is 24.8 Å². The van der Waals surface area contributed by atoms with E-state index in [1.165, 1.54) is 11.3 Å². The number of carbonyl (C=O) groups excluding carboxylic acids is 2. The number of amides is 2. The van der Waals surface area contributed by atoms with Crippen LogP contribution in [0.25, 0.3) is 26.1 Å². The lowest BCUT2D eigenvalue weighted by atomic mass is 10.0. The van der Waals surface area contributed by atoms with Crippen molar-refractivity contribution in [3.8, 4) is 0 Å². The van der Waals surface area contributed by atoms with Crippen LogP contribution in [0.4, 0.5) is 10.7 Å². The van der Waals surface area contributed by atoms with E-state index in [-0.39, 0.29) is 24.2 Å². The normalized spacial score (nSPS) is 18.6. The minimum absolute atomic E-state index is 0.0688. The fraction of sp³-hybridized carbons (Fsp3) is 0.500. The second-order valence-electron chi connectivity index (χ2n) is 12.1. The molecule has 2 saturated heterocycles. The molecule has 0 radical (unpaired) electrons. The zero-order chi connectivity index (χ0) is 29.6. The number of nitrogens with one attached hydrogen (secondary N) is 1. The molecule has 0 spiro atoms. The third-order valence-electron chi connectivity index (χ3n) is 7.94. The Morgan fingerprint density at radius 3 is 2.62 bits per heavy atom. The van der Waals surface area contributed by atoms with Gasteiger partial charge >= 0.3 is 6.09 Å². The summed E-state index contributed by atoms with van der Waals surface area (Å²) in [7, 11) is 2.09. The van der Waals surface area contributed by atoms with Crippen LogP contribution in [0.3, 0.4) is 0 Å². The first-order valence-corrected chi connectivity index (χ1v) is 15.4. The molecule has 0 bridgehead atoms. The smallest absolute Gasteiger partial charge is 0.410 e. The van der Waals surface area contributed by atoms with Gasteiger partial charge in [0.2, 0.25) is 11.4 Å². The number of nitrogens with zero attached hydrogens (tertiary/aromatic N) is 6. The van der Waals surface area contributed by atoms with Gasteiger partial charge in [-0.3, -0.25) is 14.0 Å². The van der Waals surface area contributed by atoms with Crippen LogP contribution in [0.2, 0.25) is 0 Å². The maximum Gasteiger partial charge on any atom is 0.410 e. The van der Waals surface area contributed by atoms with Gasteiger partial charge in [0.05, 0.1) is 21.6 Å². The highest BCUT2D eigenvalue weighted by atomic mass is 32.1. The number of aromatic nitrogens is 3. The number of anilines is 1. The lowest BCUT2D eigenvalue weighted by molar-refractivity contribution is 0.00986. The molecule has 1 atom stereocenters. The van der Waals surface area contributed by atoms with E-state index in [1.54, 1.807) is 11.1 Å².